The Morgan fingerprint density at radius 1 is 1.72 bits per heavy atom. The summed E-state index contributed by atoms with van der Waals surface area (Å²) in [4.78, 5) is 24.1. The minimum absolute atomic E-state index is 0.148. The molecule has 0 aromatic rings. The van der Waals surface area contributed by atoms with Gasteiger partial charge in [-0.05, 0) is 0 Å². The van der Waals surface area contributed by atoms with Crippen LogP contribution in [0, 0.1) is 5.92 Å². The van der Waals surface area contributed by atoms with Gasteiger partial charge in [0.15, 0.2) is 5.78 Å². The summed E-state index contributed by atoms with van der Waals surface area (Å²) >= 11 is 0. The number of hydrogen-bond acceptors (Lipinski definition) is 5. The van der Waals surface area contributed by atoms with Gasteiger partial charge < -0.3 is 15.7 Å². The predicted octanol–water partition coefficient (Wildman–Crippen LogP) is -1.04. The number of allylic oxidation sites excluding steroid dienone is 2. The van der Waals surface area contributed by atoms with Gasteiger partial charge in [0.05, 0.1) is 12.0 Å². The van der Waals surface area contributed by atoms with Crippen LogP contribution in [0.25, 0.3) is 0 Å². The van der Waals surface area contributed by atoms with Crippen LogP contribution in [0.1, 0.15) is 0 Å². The summed E-state index contributed by atoms with van der Waals surface area (Å²) in [6.45, 7) is 0.467. The molecular formula is C11H14N4O3. The van der Waals surface area contributed by atoms with Gasteiger partial charge in [0, 0.05) is 37.2 Å². The standard InChI is InChI=1S/C11H14N4O3/c1-15-5-10(17)7-2-6(4-13-14-11(12)18)9(16)3-8(7)15/h2-4,6,10,17H,5H2,1H3,(H3,12,14,18)/b13-4+. The summed E-state index contributed by atoms with van der Waals surface area (Å²) in [6, 6.07) is -0.793. The second-order valence-corrected chi connectivity index (χ2v) is 4.23. The molecule has 1 heterocycles. The van der Waals surface area contributed by atoms with Crippen molar-refractivity contribution < 1.29 is 14.7 Å². The number of carbonyl (C=O) groups is 2. The summed E-state index contributed by atoms with van der Waals surface area (Å²) in [5, 5.41) is 13.4. The highest BCUT2D eigenvalue weighted by molar-refractivity contribution is 6.05. The zero-order valence-electron chi connectivity index (χ0n) is 9.83. The first-order chi connectivity index (χ1) is 8.49. The average Bonchev–Trinajstić information content (AvgIpc) is 2.54. The van der Waals surface area contributed by atoms with E-state index in [4.69, 9.17) is 5.73 Å². The lowest BCUT2D eigenvalue weighted by atomic mass is 9.93. The number of hydrogen-bond donors (Lipinski definition) is 3. The quantitative estimate of drug-likeness (QED) is 0.429. The van der Waals surface area contributed by atoms with Crippen LogP contribution in [0.2, 0.25) is 0 Å². The van der Waals surface area contributed by atoms with Crippen molar-refractivity contribution in [2.24, 2.45) is 16.8 Å². The van der Waals surface area contributed by atoms with Gasteiger partial charge in [0.25, 0.3) is 0 Å². The van der Waals surface area contributed by atoms with E-state index in [2.05, 4.69) is 5.10 Å². The molecule has 2 rings (SSSR count). The molecule has 2 unspecified atom stereocenters. The molecule has 7 nitrogen and oxygen atoms in total. The maximum Gasteiger partial charge on any atom is 0.332 e. The lowest BCUT2D eigenvalue weighted by Gasteiger charge is -2.17. The van der Waals surface area contributed by atoms with Crippen molar-refractivity contribution in [3.63, 3.8) is 0 Å². The highest BCUT2D eigenvalue weighted by Gasteiger charge is 2.33. The van der Waals surface area contributed by atoms with Crippen molar-refractivity contribution in [3.8, 4) is 0 Å². The van der Waals surface area contributed by atoms with Gasteiger partial charge in [0.1, 0.15) is 0 Å². The number of hydrazone groups is 1. The van der Waals surface area contributed by atoms with Gasteiger partial charge >= 0.3 is 6.03 Å². The molecule has 4 N–H and O–H groups in total. The molecule has 0 aromatic heterocycles. The molecule has 18 heavy (non-hydrogen) atoms. The molecule has 0 aromatic carbocycles. The van der Waals surface area contributed by atoms with Gasteiger partial charge in [-0.15, -0.1) is 0 Å². The number of aliphatic hydroxyl groups excluding tert-OH is 1. The number of ketones is 1. The fourth-order valence-corrected chi connectivity index (χ4v) is 2.04. The Morgan fingerprint density at radius 3 is 3.11 bits per heavy atom. The van der Waals surface area contributed by atoms with E-state index >= 15 is 0 Å². The number of nitrogens with zero attached hydrogens (tertiary/aromatic N) is 2. The lowest BCUT2D eigenvalue weighted by molar-refractivity contribution is -0.115. The van der Waals surface area contributed by atoms with Crippen molar-refractivity contribution in [1.29, 1.82) is 0 Å². The summed E-state index contributed by atoms with van der Waals surface area (Å²) in [7, 11) is 1.81. The van der Waals surface area contributed by atoms with E-state index in [9.17, 15) is 14.7 Å². The number of primary amides is 1. The molecule has 0 bridgehead atoms. The number of nitrogens with two attached hydrogens (primary N) is 1. The second kappa shape index (κ2) is 4.61. The number of carbonyl (C=O) groups excluding carboxylic acids is 2. The predicted molar refractivity (Wildman–Crippen MR) is 64.5 cm³/mol. The molecule has 96 valence electrons. The first-order valence-corrected chi connectivity index (χ1v) is 5.44. The number of amides is 2. The Hall–Kier alpha value is -2.15. The number of urea groups is 1. The van der Waals surface area contributed by atoms with Crippen LogP contribution in [0.5, 0.6) is 0 Å². The Kier molecular flexibility index (Phi) is 3.15. The first-order valence-electron chi connectivity index (χ1n) is 5.44. The highest BCUT2D eigenvalue weighted by atomic mass is 16.3. The number of aliphatic hydroxyl groups is 1. The van der Waals surface area contributed by atoms with Crippen molar-refractivity contribution in [2.75, 3.05) is 13.6 Å². The topological polar surface area (TPSA) is 108 Å². The fourth-order valence-electron chi connectivity index (χ4n) is 2.04. The number of nitrogens with one attached hydrogen (secondary N) is 1. The van der Waals surface area contributed by atoms with Crippen molar-refractivity contribution in [3.05, 3.63) is 23.4 Å². The van der Waals surface area contributed by atoms with E-state index in [1.165, 1.54) is 12.3 Å². The van der Waals surface area contributed by atoms with E-state index in [1.807, 2.05) is 17.4 Å². The summed E-state index contributed by atoms with van der Waals surface area (Å²) < 4.78 is 0. The van der Waals surface area contributed by atoms with Crippen LogP contribution < -0.4 is 11.2 Å². The molecule has 2 amide bonds. The SMILES string of the molecule is CN1CC(O)C2=CC(/C=N/NC(N)=O)C(=O)C=C21. The highest BCUT2D eigenvalue weighted by Crippen LogP contribution is 2.30. The number of fused-ring (bicyclic) bond motifs is 1. The number of β-amino-alcohol motifs (C(OH)–C–C–N with tert-alkyl or cyclic N) is 1. The number of rotatable bonds is 2. The maximum absolute atomic E-state index is 11.8. The number of likely N-dealkylation sites (N-methyl/N-ethyl adjacent to an activating group) is 1. The minimum atomic E-state index is -0.793. The van der Waals surface area contributed by atoms with E-state index in [0.29, 0.717) is 12.1 Å². The van der Waals surface area contributed by atoms with Gasteiger partial charge in [-0.1, -0.05) is 6.08 Å². The largest absolute Gasteiger partial charge is 0.386 e. The molecule has 1 aliphatic heterocycles. The van der Waals surface area contributed by atoms with Crippen LogP contribution >= 0.6 is 0 Å². The number of likely N-dealkylation sites (tertiary alicyclic amines) is 1. The van der Waals surface area contributed by atoms with Gasteiger partial charge in [-0.25, -0.2) is 10.2 Å². The third kappa shape index (κ3) is 2.25. The molecule has 2 atom stereocenters. The Morgan fingerprint density at radius 2 is 2.44 bits per heavy atom. The normalized spacial score (nSPS) is 27.0. The smallest absolute Gasteiger partial charge is 0.332 e. The monoisotopic (exact) mass is 250 g/mol. The van der Waals surface area contributed by atoms with Crippen LogP contribution in [0.4, 0.5) is 4.79 Å². The molecule has 0 spiro atoms. The summed E-state index contributed by atoms with van der Waals surface area (Å²) in [6.07, 6.45) is 3.82. The van der Waals surface area contributed by atoms with Gasteiger partial charge in [-0.2, -0.15) is 5.10 Å². The van der Waals surface area contributed by atoms with Crippen LogP contribution in [-0.2, 0) is 4.79 Å². The molecule has 1 fully saturated rings. The van der Waals surface area contributed by atoms with Crippen molar-refractivity contribution in [1.82, 2.24) is 10.3 Å². The van der Waals surface area contributed by atoms with E-state index in [1.54, 1.807) is 6.08 Å². The first kappa shape index (κ1) is 12.3. The molecule has 1 saturated heterocycles. The van der Waals surface area contributed by atoms with Crippen molar-refractivity contribution in [2.45, 2.75) is 6.10 Å². The zero-order chi connectivity index (χ0) is 13.3. The molecule has 7 heteroatoms. The Balaban J connectivity index is 2.17. The summed E-state index contributed by atoms with van der Waals surface area (Å²) in [5.74, 6) is -0.735. The average molecular weight is 250 g/mol. The second-order valence-electron chi connectivity index (χ2n) is 4.23. The van der Waals surface area contributed by atoms with Gasteiger partial charge in [0.2, 0.25) is 0 Å². The molecule has 1 aliphatic carbocycles. The van der Waals surface area contributed by atoms with E-state index in [0.717, 1.165) is 5.70 Å². The third-order valence-electron chi connectivity index (χ3n) is 2.89. The summed E-state index contributed by atoms with van der Waals surface area (Å²) in [5.41, 5.74) is 8.32. The van der Waals surface area contributed by atoms with Gasteiger partial charge in [-0.3, -0.25) is 4.79 Å². The molecule has 0 saturated carbocycles. The zero-order valence-corrected chi connectivity index (χ0v) is 9.83. The van der Waals surface area contributed by atoms with E-state index < -0.39 is 18.1 Å². The Labute approximate surface area is 104 Å². The van der Waals surface area contributed by atoms with E-state index in [-0.39, 0.29) is 5.78 Å². The molecule has 2 aliphatic rings. The Bertz CT molecular complexity index is 481. The molecule has 0 radical (unpaired) electrons. The third-order valence-corrected chi connectivity index (χ3v) is 2.89. The minimum Gasteiger partial charge on any atom is -0.386 e. The molecular weight excluding hydrogens is 236 g/mol. The maximum atomic E-state index is 11.8. The van der Waals surface area contributed by atoms with Crippen molar-refractivity contribution >= 4 is 18.0 Å². The van der Waals surface area contributed by atoms with Crippen LogP contribution in [0.3, 0.4) is 0 Å². The van der Waals surface area contributed by atoms with Crippen LogP contribution in [-0.4, -0.2) is 47.7 Å². The lowest BCUT2D eigenvalue weighted by Crippen LogP contribution is -2.26. The fraction of sp³-hybridized carbons (Fsp3) is 0.364. The van der Waals surface area contributed by atoms with Crippen LogP contribution in [0.15, 0.2) is 28.5 Å².